The van der Waals surface area contributed by atoms with Crippen LogP contribution in [0.3, 0.4) is 0 Å². The lowest BCUT2D eigenvalue weighted by molar-refractivity contribution is -0.123. The number of aromatic amines is 1. The molecule has 164 valence electrons. The third-order valence-corrected chi connectivity index (χ3v) is 6.63. The quantitative estimate of drug-likeness (QED) is 0.675. The highest BCUT2D eigenvalue weighted by Crippen LogP contribution is 2.39. The van der Waals surface area contributed by atoms with Crippen molar-refractivity contribution in [1.82, 2.24) is 20.0 Å². The smallest absolute Gasteiger partial charge is 0.254 e. The van der Waals surface area contributed by atoms with Crippen molar-refractivity contribution in [2.75, 3.05) is 26.8 Å². The highest BCUT2D eigenvalue weighted by Gasteiger charge is 2.41. The van der Waals surface area contributed by atoms with Gasteiger partial charge in [-0.3, -0.25) is 4.79 Å². The molecule has 8 heteroatoms. The molecule has 1 N–H and O–H groups in total. The van der Waals surface area contributed by atoms with Crippen LogP contribution in [0.5, 0.6) is 0 Å². The molecule has 0 bridgehead atoms. The minimum absolute atomic E-state index is 0.101. The third-order valence-electron chi connectivity index (χ3n) is 6.63. The molecule has 1 atom stereocenters. The Morgan fingerprint density at radius 3 is 3.03 bits per heavy atom. The molecule has 0 saturated carbocycles. The molecular formula is C23H28N4O4. The number of hydrogen-bond acceptors (Lipinski definition) is 6. The van der Waals surface area contributed by atoms with Gasteiger partial charge in [0.2, 0.25) is 5.89 Å². The number of nitrogens with zero attached hydrogens (tertiary/aromatic N) is 3. The van der Waals surface area contributed by atoms with E-state index in [0.717, 1.165) is 55.2 Å². The molecule has 31 heavy (non-hydrogen) atoms. The van der Waals surface area contributed by atoms with E-state index in [1.54, 1.807) is 7.11 Å². The molecule has 2 aliphatic rings. The van der Waals surface area contributed by atoms with E-state index >= 15 is 0 Å². The first kappa shape index (κ1) is 20.2. The molecule has 2 aromatic heterocycles. The second-order valence-electron chi connectivity index (χ2n) is 8.67. The van der Waals surface area contributed by atoms with E-state index in [9.17, 15) is 4.79 Å². The molecule has 2 fully saturated rings. The fraction of sp³-hybridized carbons (Fsp3) is 0.522. The Morgan fingerprint density at radius 2 is 2.19 bits per heavy atom. The summed E-state index contributed by atoms with van der Waals surface area (Å²) in [6.45, 7) is 2.53. The minimum Gasteiger partial charge on any atom is -0.377 e. The van der Waals surface area contributed by atoms with Gasteiger partial charge < -0.3 is 23.9 Å². The number of nitrogens with one attached hydrogen (secondary N) is 1. The van der Waals surface area contributed by atoms with Gasteiger partial charge in [0.15, 0.2) is 5.82 Å². The molecule has 3 aromatic rings. The SMILES string of the molecule is COCc1noc(CC2CCOC3(CCN(C(=O)c4cccc5[nH]ccc45)CC3)C2)n1. The predicted octanol–water partition coefficient (Wildman–Crippen LogP) is 3.34. The summed E-state index contributed by atoms with van der Waals surface area (Å²) in [4.78, 5) is 22.7. The van der Waals surface area contributed by atoms with Gasteiger partial charge in [0.1, 0.15) is 6.61 Å². The topological polar surface area (TPSA) is 93.5 Å². The summed E-state index contributed by atoms with van der Waals surface area (Å²) >= 11 is 0. The van der Waals surface area contributed by atoms with E-state index < -0.39 is 0 Å². The standard InChI is InChI=1S/C23H28N4O4/c1-29-15-20-25-21(31-26-20)13-16-6-12-30-23(14-16)7-10-27(11-8-23)22(28)18-3-2-4-19-17(18)5-9-24-19/h2-5,9,16,24H,6-8,10-15H2,1H3. The van der Waals surface area contributed by atoms with Gasteiger partial charge in [0.25, 0.3) is 5.91 Å². The Hall–Kier alpha value is -2.71. The normalized spacial score (nSPS) is 21.1. The van der Waals surface area contributed by atoms with Crippen LogP contribution in [-0.2, 0) is 22.5 Å². The zero-order valence-electron chi connectivity index (χ0n) is 17.8. The fourth-order valence-electron chi connectivity index (χ4n) is 5.02. The van der Waals surface area contributed by atoms with Crippen LogP contribution in [0.25, 0.3) is 10.9 Å². The van der Waals surface area contributed by atoms with E-state index in [1.165, 1.54) is 0 Å². The summed E-state index contributed by atoms with van der Waals surface area (Å²) in [5.41, 5.74) is 1.60. The molecule has 1 unspecified atom stereocenters. The van der Waals surface area contributed by atoms with Gasteiger partial charge >= 0.3 is 0 Å². The first-order valence-electron chi connectivity index (χ1n) is 11.0. The number of fused-ring (bicyclic) bond motifs is 1. The molecule has 4 heterocycles. The molecule has 2 aliphatic heterocycles. The minimum atomic E-state index is -0.158. The number of ether oxygens (including phenoxy) is 2. The van der Waals surface area contributed by atoms with Gasteiger partial charge in [-0.1, -0.05) is 11.2 Å². The van der Waals surface area contributed by atoms with Crippen molar-refractivity contribution in [2.24, 2.45) is 5.92 Å². The number of H-pyrrole nitrogens is 1. The van der Waals surface area contributed by atoms with Gasteiger partial charge in [-0.15, -0.1) is 0 Å². The number of likely N-dealkylation sites (tertiary alicyclic amines) is 1. The zero-order valence-corrected chi connectivity index (χ0v) is 17.8. The van der Waals surface area contributed by atoms with Gasteiger partial charge in [0, 0.05) is 55.9 Å². The van der Waals surface area contributed by atoms with Gasteiger partial charge in [-0.05, 0) is 49.8 Å². The van der Waals surface area contributed by atoms with Crippen LogP contribution in [0.15, 0.2) is 35.0 Å². The number of amides is 1. The average molecular weight is 425 g/mol. The summed E-state index contributed by atoms with van der Waals surface area (Å²) < 4.78 is 16.7. The number of piperidine rings is 1. The Bertz CT molecular complexity index is 1050. The lowest BCUT2D eigenvalue weighted by Crippen LogP contribution is -2.51. The van der Waals surface area contributed by atoms with Crippen molar-refractivity contribution in [2.45, 2.75) is 44.3 Å². The second kappa shape index (κ2) is 8.43. The summed E-state index contributed by atoms with van der Waals surface area (Å²) in [7, 11) is 1.62. The summed E-state index contributed by atoms with van der Waals surface area (Å²) in [5, 5.41) is 4.94. The Kier molecular flexibility index (Phi) is 5.50. The molecule has 1 amide bonds. The highest BCUT2D eigenvalue weighted by atomic mass is 16.5. The van der Waals surface area contributed by atoms with Crippen molar-refractivity contribution in [3.8, 4) is 0 Å². The second-order valence-corrected chi connectivity index (χ2v) is 8.67. The number of aromatic nitrogens is 3. The molecule has 1 aromatic carbocycles. The first-order chi connectivity index (χ1) is 15.2. The summed E-state index contributed by atoms with van der Waals surface area (Å²) in [6.07, 6.45) is 6.31. The van der Waals surface area contributed by atoms with Crippen LogP contribution in [0, 0.1) is 5.92 Å². The monoisotopic (exact) mass is 424 g/mol. The summed E-state index contributed by atoms with van der Waals surface area (Å²) in [6, 6.07) is 7.81. The lowest BCUT2D eigenvalue weighted by Gasteiger charge is -2.46. The Balaban J connectivity index is 1.21. The highest BCUT2D eigenvalue weighted by molar-refractivity contribution is 6.06. The maximum Gasteiger partial charge on any atom is 0.254 e. The van der Waals surface area contributed by atoms with Gasteiger partial charge in [-0.2, -0.15) is 4.98 Å². The maximum atomic E-state index is 13.2. The van der Waals surface area contributed by atoms with Gasteiger partial charge in [-0.25, -0.2) is 0 Å². The number of rotatable bonds is 5. The van der Waals surface area contributed by atoms with Crippen LogP contribution in [-0.4, -0.2) is 58.3 Å². The van der Waals surface area contributed by atoms with E-state index in [-0.39, 0.29) is 11.5 Å². The number of carbonyl (C=O) groups is 1. The van der Waals surface area contributed by atoms with Crippen molar-refractivity contribution in [1.29, 1.82) is 0 Å². The lowest BCUT2D eigenvalue weighted by atomic mass is 9.78. The average Bonchev–Trinajstić information content (AvgIpc) is 3.43. The molecule has 5 rings (SSSR count). The van der Waals surface area contributed by atoms with E-state index in [0.29, 0.717) is 37.3 Å². The van der Waals surface area contributed by atoms with Gasteiger partial charge in [0.05, 0.1) is 5.60 Å². The Labute approximate surface area is 180 Å². The van der Waals surface area contributed by atoms with Crippen molar-refractivity contribution >= 4 is 16.8 Å². The number of methoxy groups -OCH3 is 1. The first-order valence-corrected chi connectivity index (χ1v) is 11.0. The largest absolute Gasteiger partial charge is 0.377 e. The zero-order chi connectivity index (χ0) is 21.3. The van der Waals surface area contributed by atoms with E-state index in [4.69, 9.17) is 14.0 Å². The molecule has 2 saturated heterocycles. The number of hydrogen-bond donors (Lipinski definition) is 1. The maximum absolute atomic E-state index is 13.2. The number of carbonyl (C=O) groups excluding carboxylic acids is 1. The summed E-state index contributed by atoms with van der Waals surface area (Å²) in [5.74, 6) is 1.80. The van der Waals surface area contributed by atoms with Crippen molar-refractivity contribution in [3.05, 3.63) is 47.7 Å². The Morgan fingerprint density at radius 1 is 1.32 bits per heavy atom. The molecule has 1 spiro atoms. The van der Waals surface area contributed by atoms with Crippen molar-refractivity contribution < 1.29 is 18.8 Å². The molecule has 0 radical (unpaired) electrons. The number of benzene rings is 1. The van der Waals surface area contributed by atoms with Crippen LogP contribution in [0.1, 0.15) is 47.8 Å². The van der Waals surface area contributed by atoms with E-state index in [1.807, 2.05) is 35.4 Å². The fourth-order valence-corrected chi connectivity index (χ4v) is 5.02. The van der Waals surface area contributed by atoms with Crippen molar-refractivity contribution in [3.63, 3.8) is 0 Å². The predicted molar refractivity (Wildman–Crippen MR) is 114 cm³/mol. The van der Waals surface area contributed by atoms with E-state index in [2.05, 4.69) is 15.1 Å². The van der Waals surface area contributed by atoms with Crippen LogP contribution in [0.4, 0.5) is 0 Å². The molecule has 8 nitrogen and oxygen atoms in total. The van der Waals surface area contributed by atoms with Crippen LogP contribution in [0.2, 0.25) is 0 Å². The van der Waals surface area contributed by atoms with Crippen LogP contribution < -0.4 is 0 Å². The molecular weight excluding hydrogens is 396 g/mol. The van der Waals surface area contributed by atoms with Crippen LogP contribution >= 0.6 is 0 Å². The third kappa shape index (κ3) is 4.09. The molecule has 0 aliphatic carbocycles.